The number of ether oxygens (including phenoxy) is 1. The van der Waals surface area contributed by atoms with Crippen LogP contribution in [0.1, 0.15) is 89.5 Å². The van der Waals surface area contributed by atoms with E-state index in [-0.39, 0.29) is 11.7 Å². The lowest BCUT2D eigenvalue weighted by molar-refractivity contribution is -0.0841. The number of aryl methyl sites for hydroxylation is 1. The minimum Gasteiger partial charge on any atom is -0.495 e. The molecule has 46 heavy (non-hydrogen) atoms. The van der Waals surface area contributed by atoms with Gasteiger partial charge in [-0.3, -0.25) is 9.69 Å². The van der Waals surface area contributed by atoms with Gasteiger partial charge in [-0.25, -0.2) is 0 Å². The fourth-order valence-electron chi connectivity index (χ4n) is 8.29. The summed E-state index contributed by atoms with van der Waals surface area (Å²) in [5.74, 6) is 0.993. The molecule has 7 heteroatoms. The Kier molecular flexibility index (Phi) is 9.77. The first-order valence-corrected chi connectivity index (χ1v) is 17.8. The number of anilines is 1. The second kappa shape index (κ2) is 13.6. The van der Waals surface area contributed by atoms with Gasteiger partial charge < -0.3 is 19.8 Å². The summed E-state index contributed by atoms with van der Waals surface area (Å²) in [5, 5.41) is 23.6. The number of fused-ring (bicyclic) bond motifs is 8. The maximum atomic E-state index is 14.1. The molecule has 1 saturated heterocycles. The van der Waals surface area contributed by atoms with Gasteiger partial charge in [-0.2, -0.15) is 0 Å². The smallest absolute Gasteiger partial charge is 0.203 e. The van der Waals surface area contributed by atoms with Crippen molar-refractivity contribution in [3.8, 4) is 5.75 Å². The van der Waals surface area contributed by atoms with Crippen LogP contribution < -0.4 is 9.64 Å². The molecule has 7 rings (SSSR count). The van der Waals surface area contributed by atoms with Crippen molar-refractivity contribution in [2.24, 2.45) is 5.41 Å². The lowest BCUT2D eigenvalue weighted by atomic mass is 9.64. The number of hydrogen-bond donors (Lipinski definition) is 2. The Bertz CT molecular complexity index is 1570. The SMILES string of the molecule is COc1ccccc1N1CCN(C[C@]2(O)CC[C@H]3c4ccc(cc4C(=O)c4ccc(C)s4)C[C@@H](O)CCC(C)=CCC[C@@]32C)CC1. The summed E-state index contributed by atoms with van der Waals surface area (Å²) in [5.41, 5.74) is 3.89. The van der Waals surface area contributed by atoms with E-state index < -0.39 is 17.1 Å². The van der Waals surface area contributed by atoms with Crippen molar-refractivity contribution in [1.82, 2.24) is 4.90 Å². The molecule has 3 aliphatic carbocycles. The van der Waals surface area contributed by atoms with E-state index in [1.807, 2.05) is 37.3 Å². The average molecular weight is 643 g/mol. The summed E-state index contributed by atoms with van der Waals surface area (Å²) in [7, 11) is 1.72. The summed E-state index contributed by atoms with van der Waals surface area (Å²) >= 11 is 1.54. The second-order valence-corrected chi connectivity index (χ2v) is 15.4. The molecule has 0 spiro atoms. The summed E-state index contributed by atoms with van der Waals surface area (Å²) < 4.78 is 5.64. The number of benzene rings is 2. The first-order valence-electron chi connectivity index (χ1n) is 17.0. The van der Waals surface area contributed by atoms with E-state index >= 15 is 0 Å². The molecule has 4 aliphatic rings. The van der Waals surface area contributed by atoms with Crippen LogP contribution in [0.25, 0.3) is 0 Å². The fourth-order valence-corrected chi connectivity index (χ4v) is 9.12. The fraction of sp³-hybridized carbons (Fsp3) is 0.513. The van der Waals surface area contributed by atoms with Gasteiger partial charge in [-0.1, -0.05) is 42.8 Å². The van der Waals surface area contributed by atoms with Crippen LogP contribution in [0, 0.1) is 12.3 Å². The van der Waals surface area contributed by atoms with Crippen LogP contribution in [0.15, 0.2) is 66.2 Å². The summed E-state index contributed by atoms with van der Waals surface area (Å²) in [6.07, 6.45) is 7.18. The predicted molar refractivity (Wildman–Crippen MR) is 188 cm³/mol. The standard InChI is InChI=1S/C39H50N2O4S/c1-27-8-7-18-38(3)33(17-19-39(38,44)26-40-20-22-41(23-21-40)34-9-5-6-10-35(34)45-4)31-15-13-29(24-30(42)14-11-27)25-32(31)37(43)36-16-12-28(2)46-36/h5-6,8-10,12-13,15-16,25,30,33,42,44H,7,11,14,17-24,26H2,1-4H3/t30-,33-,38-,39+/m0/s1. The molecule has 2 aromatic carbocycles. The van der Waals surface area contributed by atoms with Crippen LogP contribution in [0.2, 0.25) is 0 Å². The first kappa shape index (κ1) is 33.0. The molecule has 1 saturated carbocycles. The number of allylic oxidation sites excluding steroid dienone is 2. The van der Waals surface area contributed by atoms with E-state index in [9.17, 15) is 15.0 Å². The van der Waals surface area contributed by atoms with Crippen LogP contribution in [-0.2, 0) is 6.42 Å². The maximum Gasteiger partial charge on any atom is 0.203 e. The largest absolute Gasteiger partial charge is 0.495 e. The Labute approximate surface area is 278 Å². The number of methoxy groups -OCH3 is 1. The molecule has 4 atom stereocenters. The van der Waals surface area contributed by atoms with Crippen LogP contribution in [0.3, 0.4) is 0 Å². The Morgan fingerprint density at radius 1 is 1.02 bits per heavy atom. The highest BCUT2D eigenvalue weighted by atomic mass is 32.1. The summed E-state index contributed by atoms with van der Waals surface area (Å²) in [6, 6.07) is 18.4. The van der Waals surface area contributed by atoms with E-state index in [4.69, 9.17) is 4.74 Å². The van der Waals surface area contributed by atoms with Gasteiger partial charge in [0, 0.05) is 48.6 Å². The van der Waals surface area contributed by atoms with Crippen molar-refractivity contribution in [3.63, 3.8) is 0 Å². The number of carbonyl (C=O) groups excluding carboxylic acids is 1. The number of β-amino-alcohol motifs (C(OH)–C–C–N with tert-alkyl or cyclic N) is 1. The molecule has 0 unspecified atom stereocenters. The van der Waals surface area contributed by atoms with E-state index in [0.29, 0.717) is 25.8 Å². The molecule has 0 amide bonds. The molecular formula is C39H50N2O4S. The molecule has 6 nitrogen and oxygen atoms in total. The number of piperazine rings is 1. The van der Waals surface area contributed by atoms with E-state index in [1.165, 1.54) is 16.9 Å². The lowest BCUT2D eigenvalue weighted by Crippen LogP contribution is -2.56. The molecule has 2 fully saturated rings. The number of carbonyl (C=O) groups is 1. The van der Waals surface area contributed by atoms with Crippen LogP contribution in [0.4, 0.5) is 5.69 Å². The summed E-state index contributed by atoms with van der Waals surface area (Å²) in [4.78, 5) is 20.8. The Morgan fingerprint density at radius 3 is 2.54 bits per heavy atom. The summed E-state index contributed by atoms with van der Waals surface area (Å²) in [6.45, 7) is 10.6. The molecule has 1 aromatic heterocycles. The van der Waals surface area contributed by atoms with Crippen LogP contribution in [-0.4, -0.2) is 72.4 Å². The topological polar surface area (TPSA) is 73.2 Å². The Hall–Kier alpha value is -2.97. The van der Waals surface area contributed by atoms with Crippen molar-refractivity contribution < 1.29 is 19.7 Å². The van der Waals surface area contributed by atoms with Crippen LogP contribution in [0.5, 0.6) is 5.75 Å². The number of aliphatic hydroxyl groups is 2. The Balaban J connectivity index is 1.31. The average Bonchev–Trinajstić information content (AvgIpc) is 3.60. The molecule has 3 aromatic rings. The van der Waals surface area contributed by atoms with Crippen molar-refractivity contribution >= 4 is 22.8 Å². The molecule has 0 radical (unpaired) electrons. The number of para-hydroxylation sites is 2. The maximum absolute atomic E-state index is 14.1. The van der Waals surface area contributed by atoms with E-state index in [2.05, 4.69) is 54.0 Å². The van der Waals surface area contributed by atoms with Crippen molar-refractivity contribution in [2.45, 2.75) is 83.3 Å². The van der Waals surface area contributed by atoms with Gasteiger partial charge in [-0.15, -0.1) is 11.3 Å². The zero-order valence-electron chi connectivity index (χ0n) is 27.9. The zero-order chi connectivity index (χ0) is 32.5. The number of thiophene rings is 1. The van der Waals surface area contributed by atoms with Gasteiger partial charge in [-0.05, 0) is 106 Å². The van der Waals surface area contributed by atoms with Crippen LogP contribution >= 0.6 is 11.3 Å². The molecule has 2 bridgehead atoms. The first-order chi connectivity index (χ1) is 22.1. The highest BCUT2D eigenvalue weighted by Crippen LogP contribution is 2.59. The lowest BCUT2D eigenvalue weighted by Gasteiger charge is -2.47. The molecule has 2 N–H and O–H groups in total. The minimum atomic E-state index is -0.891. The highest BCUT2D eigenvalue weighted by molar-refractivity contribution is 7.14. The van der Waals surface area contributed by atoms with Gasteiger partial charge in [0.05, 0.1) is 29.4 Å². The highest BCUT2D eigenvalue weighted by Gasteiger charge is 2.57. The number of rotatable bonds is 6. The number of nitrogens with zero attached hydrogens (tertiary/aromatic N) is 2. The van der Waals surface area contributed by atoms with Gasteiger partial charge in [0.25, 0.3) is 0 Å². The minimum absolute atomic E-state index is 0.0444. The van der Waals surface area contributed by atoms with Crippen molar-refractivity contribution in [1.29, 1.82) is 0 Å². The third kappa shape index (κ3) is 6.57. The monoisotopic (exact) mass is 642 g/mol. The number of ketones is 1. The van der Waals surface area contributed by atoms with E-state index in [1.54, 1.807) is 7.11 Å². The third-order valence-electron chi connectivity index (χ3n) is 11.2. The van der Waals surface area contributed by atoms with Gasteiger partial charge in [0.2, 0.25) is 5.78 Å². The molecule has 2 heterocycles. The second-order valence-electron chi connectivity index (χ2n) is 14.1. The number of hydrogen-bond acceptors (Lipinski definition) is 7. The number of aliphatic hydroxyl groups excluding tert-OH is 1. The van der Waals surface area contributed by atoms with Crippen molar-refractivity contribution in [2.75, 3.05) is 44.7 Å². The van der Waals surface area contributed by atoms with E-state index in [0.717, 1.165) is 89.7 Å². The quantitative estimate of drug-likeness (QED) is 0.220. The normalized spacial score (nSPS) is 27.6. The molecule has 1 aliphatic heterocycles. The molecular weight excluding hydrogens is 593 g/mol. The van der Waals surface area contributed by atoms with Gasteiger partial charge >= 0.3 is 0 Å². The zero-order valence-corrected chi connectivity index (χ0v) is 28.7. The molecule has 246 valence electrons. The Morgan fingerprint density at radius 2 is 1.80 bits per heavy atom. The van der Waals surface area contributed by atoms with Gasteiger partial charge in [0.1, 0.15) is 5.75 Å². The van der Waals surface area contributed by atoms with Crippen molar-refractivity contribution in [3.05, 3.63) is 92.7 Å². The predicted octanol–water partition coefficient (Wildman–Crippen LogP) is 7.16. The van der Waals surface area contributed by atoms with Gasteiger partial charge in [0.15, 0.2) is 0 Å². The third-order valence-corrected chi connectivity index (χ3v) is 12.2.